The van der Waals surface area contributed by atoms with Crippen LogP contribution in [0, 0.1) is 0 Å². The van der Waals surface area contributed by atoms with Gasteiger partial charge in [-0.1, -0.05) is 84.9 Å². The number of rotatable bonds is 4. The second-order valence-electron chi connectivity index (χ2n) is 10.4. The van der Waals surface area contributed by atoms with Gasteiger partial charge in [-0.3, -0.25) is 0 Å². The van der Waals surface area contributed by atoms with Crippen molar-refractivity contribution in [2.45, 2.75) is 0 Å². The summed E-state index contributed by atoms with van der Waals surface area (Å²) in [6, 6.07) is 46.0. The minimum atomic E-state index is 0.635. The van der Waals surface area contributed by atoms with Crippen LogP contribution in [0.4, 0.5) is 17.1 Å². The fourth-order valence-electron chi connectivity index (χ4n) is 6.22. The predicted octanol–water partition coefficient (Wildman–Crippen LogP) is 10.5. The normalized spacial score (nSPS) is 11.9. The molecular weight excluding hydrogens is 504 g/mol. The first-order valence-corrected chi connectivity index (χ1v) is 13.7. The standard InChI is InChI=1S/C37H22N2O2/c1-3-11-23(12-4-1)37-38-34-30-22-26(21-24-13-9-18-29(33(24)30)36(34)41-37)39(25-14-5-2-6-15-25)31-19-10-17-28-27-16-7-8-20-32(27)40-35(28)31/h1-22H. The van der Waals surface area contributed by atoms with Gasteiger partial charge in [0.2, 0.25) is 5.89 Å². The number of nitrogens with zero attached hydrogens (tertiary/aromatic N) is 2. The van der Waals surface area contributed by atoms with Crippen LogP contribution >= 0.6 is 0 Å². The molecule has 41 heavy (non-hydrogen) atoms. The van der Waals surface area contributed by atoms with E-state index >= 15 is 0 Å². The average Bonchev–Trinajstić information content (AvgIpc) is 3.72. The Hall–Kier alpha value is -5.61. The van der Waals surface area contributed by atoms with Gasteiger partial charge in [0.1, 0.15) is 11.3 Å². The molecule has 4 heteroatoms. The SMILES string of the molecule is c1ccc(-c2nc3c(o2)-c2cccc4cc(N(c5ccccc5)c5cccc6c5oc5ccccc56)cc-3c24)cc1. The van der Waals surface area contributed by atoms with Crippen molar-refractivity contribution < 1.29 is 8.83 Å². The lowest BCUT2D eigenvalue weighted by Gasteiger charge is -2.26. The largest absolute Gasteiger partial charge is 0.454 e. The van der Waals surface area contributed by atoms with Crippen molar-refractivity contribution in [3.05, 3.63) is 133 Å². The highest BCUT2D eigenvalue weighted by Gasteiger charge is 2.30. The summed E-state index contributed by atoms with van der Waals surface area (Å²) in [6.07, 6.45) is 0. The second-order valence-corrected chi connectivity index (χ2v) is 10.4. The first kappa shape index (κ1) is 22.2. The van der Waals surface area contributed by atoms with Gasteiger partial charge in [0.25, 0.3) is 0 Å². The minimum absolute atomic E-state index is 0.635. The maximum Gasteiger partial charge on any atom is 0.227 e. The Morgan fingerprint density at radius 3 is 2.20 bits per heavy atom. The number of fused-ring (bicyclic) bond motifs is 6. The van der Waals surface area contributed by atoms with Crippen LogP contribution in [0.2, 0.25) is 0 Å². The molecule has 0 fully saturated rings. The predicted molar refractivity (Wildman–Crippen MR) is 166 cm³/mol. The van der Waals surface area contributed by atoms with Gasteiger partial charge in [0.05, 0.1) is 5.69 Å². The molecule has 0 bridgehead atoms. The Bertz CT molecular complexity index is 2260. The van der Waals surface area contributed by atoms with E-state index in [4.69, 9.17) is 13.8 Å². The molecule has 1 aliphatic rings. The number of furan rings is 1. The number of benzene rings is 6. The van der Waals surface area contributed by atoms with E-state index in [0.29, 0.717) is 5.89 Å². The summed E-state index contributed by atoms with van der Waals surface area (Å²) < 4.78 is 12.9. The number of hydrogen-bond donors (Lipinski definition) is 0. The fourth-order valence-corrected chi connectivity index (χ4v) is 6.22. The van der Waals surface area contributed by atoms with E-state index in [1.165, 1.54) is 5.39 Å². The maximum absolute atomic E-state index is 6.50. The molecule has 0 N–H and O–H groups in total. The third-order valence-electron chi connectivity index (χ3n) is 8.01. The lowest BCUT2D eigenvalue weighted by Crippen LogP contribution is -2.10. The van der Waals surface area contributed by atoms with Crippen LogP contribution < -0.4 is 4.90 Å². The monoisotopic (exact) mass is 526 g/mol. The summed E-state index contributed by atoms with van der Waals surface area (Å²) in [5, 5.41) is 4.52. The van der Waals surface area contributed by atoms with Crippen molar-refractivity contribution in [1.82, 2.24) is 4.98 Å². The molecule has 4 nitrogen and oxygen atoms in total. The fraction of sp³-hybridized carbons (Fsp3) is 0. The smallest absolute Gasteiger partial charge is 0.227 e. The van der Waals surface area contributed by atoms with Crippen LogP contribution in [0.3, 0.4) is 0 Å². The summed E-state index contributed by atoms with van der Waals surface area (Å²) in [4.78, 5) is 7.30. The summed E-state index contributed by atoms with van der Waals surface area (Å²) in [6.45, 7) is 0. The molecule has 0 unspecified atom stereocenters. The van der Waals surface area contributed by atoms with Gasteiger partial charge in [-0.2, -0.15) is 0 Å². The average molecular weight is 527 g/mol. The van der Waals surface area contributed by atoms with Crippen molar-refractivity contribution in [2.75, 3.05) is 4.90 Å². The third kappa shape index (κ3) is 3.25. The van der Waals surface area contributed by atoms with Crippen LogP contribution in [0.5, 0.6) is 0 Å². The molecule has 2 heterocycles. The molecular formula is C37H22N2O2. The molecule has 0 radical (unpaired) electrons. The topological polar surface area (TPSA) is 42.4 Å². The van der Waals surface area contributed by atoms with Crippen LogP contribution in [-0.2, 0) is 0 Å². The highest BCUT2D eigenvalue weighted by Crippen LogP contribution is 2.51. The first-order chi connectivity index (χ1) is 20.3. The Morgan fingerprint density at radius 2 is 1.32 bits per heavy atom. The van der Waals surface area contributed by atoms with E-state index in [0.717, 1.165) is 72.5 Å². The highest BCUT2D eigenvalue weighted by atomic mass is 16.4. The quantitative estimate of drug-likeness (QED) is 0.229. The van der Waals surface area contributed by atoms with Crippen molar-refractivity contribution >= 4 is 49.8 Å². The molecule has 192 valence electrons. The Kier molecular flexibility index (Phi) is 4.58. The van der Waals surface area contributed by atoms with Crippen molar-refractivity contribution in [3.63, 3.8) is 0 Å². The number of oxazole rings is 1. The van der Waals surface area contributed by atoms with Crippen molar-refractivity contribution in [1.29, 1.82) is 0 Å². The summed E-state index contributed by atoms with van der Waals surface area (Å²) in [5.41, 5.74) is 8.80. The molecule has 0 aliphatic heterocycles. The van der Waals surface area contributed by atoms with Gasteiger partial charge >= 0.3 is 0 Å². The number of anilines is 3. The van der Waals surface area contributed by atoms with Crippen LogP contribution in [0.1, 0.15) is 0 Å². The maximum atomic E-state index is 6.50. The van der Waals surface area contributed by atoms with Crippen molar-refractivity contribution in [3.8, 4) is 34.0 Å². The van der Waals surface area contributed by atoms with Crippen molar-refractivity contribution in [2.24, 2.45) is 0 Å². The van der Waals surface area contributed by atoms with E-state index in [9.17, 15) is 0 Å². The molecule has 0 saturated heterocycles. The minimum Gasteiger partial charge on any atom is -0.454 e. The molecule has 0 amide bonds. The Balaban J connectivity index is 1.31. The molecule has 2 aromatic heterocycles. The summed E-state index contributed by atoms with van der Waals surface area (Å²) in [7, 11) is 0. The van der Waals surface area contributed by atoms with Gasteiger partial charge < -0.3 is 13.7 Å². The second kappa shape index (κ2) is 8.44. The van der Waals surface area contributed by atoms with E-state index in [1.54, 1.807) is 0 Å². The molecule has 0 spiro atoms. The van der Waals surface area contributed by atoms with Crippen LogP contribution in [0.15, 0.2) is 142 Å². The zero-order valence-corrected chi connectivity index (χ0v) is 21.9. The molecule has 9 rings (SSSR count). The van der Waals surface area contributed by atoms with Gasteiger partial charge in [-0.05, 0) is 53.9 Å². The lowest BCUT2D eigenvalue weighted by molar-refractivity contribution is 0.590. The first-order valence-electron chi connectivity index (χ1n) is 13.7. The Morgan fingerprint density at radius 1 is 0.561 bits per heavy atom. The van der Waals surface area contributed by atoms with E-state index in [1.807, 2.05) is 48.5 Å². The van der Waals surface area contributed by atoms with Gasteiger partial charge in [0, 0.05) is 44.2 Å². The van der Waals surface area contributed by atoms with E-state index < -0.39 is 0 Å². The van der Waals surface area contributed by atoms with Gasteiger partial charge in [0.15, 0.2) is 11.3 Å². The highest BCUT2D eigenvalue weighted by molar-refractivity contribution is 6.16. The number of aromatic nitrogens is 1. The zero-order valence-electron chi connectivity index (χ0n) is 21.9. The van der Waals surface area contributed by atoms with E-state index in [-0.39, 0.29) is 0 Å². The Labute approximate surface area is 235 Å². The lowest BCUT2D eigenvalue weighted by atomic mass is 10.0. The summed E-state index contributed by atoms with van der Waals surface area (Å²) >= 11 is 0. The molecule has 0 saturated carbocycles. The van der Waals surface area contributed by atoms with Crippen LogP contribution in [0.25, 0.3) is 66.7 Å². The van der Waals surface area contributed by atoms with E-state index in [2.05, 4.69) is 89.8 Å². The summed E-state index contributed by atoms with van der Waals surface area (Å²) in [5.74, 6) is 1.46. The van der Waals surface area contributed by atoms with Crippen LogP contribution in [-0.4, -0.2) is 4.98 Å². The van der Waals surface area contributed by atoms with Gasteiger partial charge in [-0.15, -0.1) is 0 Å². The zero-order chi connectivity index (χ0) is 26.9. The molecule has 6 aromatic carbocycles. The van der Waals surface area contributed by atoms with Gasteiger partial charge in [-0.25, -0.2) is 4.98 Å². The third-order valence-corrected chi connectivity index (χ3v) is 8.01. The number of para-hydroxylation sites is 3. The number of hydrogen-bond acceptors (Lipinski definition) is 4. The molecule has 8 aromatic rings. The molecule has 1 aliphatic carbocycles. The molecule has 0 atom stereocenters.